The Balaban J connectivity index is 1.33. The van der Waals surface area contributed by atoms with Gasteiger partial charge in [-0.2, -0.15) is 5.10 Å². The van der Waals surface area contributed by atoms with Crippen LogP contribution < -0.4 is 14.4 Å². The number of halogens is 1. The van der Waals surface area contributed by atoms with Gasteiger partial charge in [-0.1, -0.05) is 11.6 Å². The lowest BCUT2D eigenvalue weighted by atomic mass is 10.2. The van der Waals surface area contributed by atoms with Gasteiger partial charge in [-0.15, -0.1) is 0 Å². The number of aromatic nitrogens is 3. The first-order valence-corrected chi connectivity index (χ1v) is 10.4. The highest BCUT2D eigenvalue weighted by molar-refractivity contribution is 6.30. The maximum atomic E-state index is 13.0. The van der Waals surface area contributed by atoms with E-state index in [2.05, 4.69) is 10.1 Å². The van der Waals surface area contributed by atoms with Crippen LogP contribution in [0.25, 0.3) is 5.82 Å². The molecule has 1 saturated carbocycles. The van der Waals surface area contributed by atoms with Crippen LogP contribution in [-0.4, -0.2) is 45.6 Å². The summed E-state index contributed by atoms with van der Waals surface area (Å²) in [5.74, 6) is 1.78. The summed E-state index contributed by atoms with van der Waals surface area (Å²) in [5, 5.41) is 15.0. The first kappa shape index (κ1) is 19.8. The summed E-state index contributed by atoms with van der Waals surface area (Å²) in [4.78, 5) is 18.9. The molecule has 31 heavy (non-hydrogen) atoms. The van der Waals surface area contributed by atoms with Crippen LogP contribution >= 0.6 is 11.6 Å². The molecule has 9 heteroatoms. The zero-order valence-electron chi connectivity index (χ0n) is 16.9. The summed E-state index contributed by atoms with van der Waals surface area (Å²) in [6, 6.07) is 8.80. The monoisotopic (exact) mass is 440 g/mol. The van der Waals surface area contributed by atoms with Crippen molar-refractivity contribution >= 4 is 23.2 Å². The van der Waals surface area contributed by atoms with Crippen molar-refractivity contribution in [3.8, 4) is 17.3 Å². The molecule has 0 radical (unpaired) electrons. The van der Waals surface area contributed by atoms with E-state index in [-0.39, 0.29) is 12.5 Å². The van der Waals surface area contributed by atoms with Gasteiger partial charge in [0.2, 0.25) is 0 Å². The van der Waals surface area contributed by atoms with Crippen molar-refractivity contribution < 1.29 is 19.4 Å². The zero-order chi connectivity index (χ0) is 21.5. The largest absolute Gasteiger partial charge is 0.493 e. The highest BCUT2D eigenvalue weighted by Crippen LogP contribution is 2.37. The van der Waals surface area contributed by atoms with Gasteiger partial charge in [0.1, 0.15) is 6.61 Å². The predicted molar refractivity (Wildman–Crippen MR) is 114 cm³/mol. The lowest BCUT2D eigenvalue weighted by Crippen LogP contribution is -2.24. The van der Waals surface area contributed by atoms with Gasteiger partial charge >= 0.3 is 0 Å². The third-order valence-corrected chi connectivity index (χ3v) is 5.77. The van der Waals surface area contributed by atoms with Gasteiger partial charge < -0.3 is 19.5 Å². The van der Waals surface area contributed by atoms with Crippen LogP contribution in [0.5, 0.6) is 11.5 Å². The van der Waals surface area contributed by atoms with Gasteiger partial charge in [-0.25, -0.2) is 9.67 Å². The van der Waals surface area contributed by atoms with Crippen molar-refractivity contribution in [3.63, 3.8) is 0 Å². The second-order valence-electron chi connectivity index (χ2n) is 7.72. The van der Waals surface area contributed by atoms with Gasteiger partial charge in [-0.05, 0) is 43.0 Å². The maximum Gasteiger partial charge on any atom is 0.279 e. The molecule has 1 amide bonds. The number of amides is 1. The van der Waals surface area contributed by atoms with E-state index in [4.69, 9.17) is 21.1 Å². The molecule has 1 atom stereocenters. The van der Waals surface area contributed by atoms with E-state index in [9.17, 15) is 9.90 Å². The lowest BCUT2D eigenvalue weighted by Gasteiger charge is -2.19. The van der Waals surface area contributed by atoms with Crippen LogP contribution in [-0.2, 0) is 6.54 Å². The van der Waals surface area contributed by atoms with Crippen LogP contribution in [0.4, 0.5) is 5.69 Å². The van der Waals surface area contributed by atoms with Gasteiger partial charge in [0.05, 0.1) is 24.8 Å². The molecular weight excluding hydrogens is 420 g/mol. The Bertz CT molecular complexity index is 1130. The van der Waals surface area contributed by atoms with E-state index in [1.165, 1.54) is 6.20 Å². The highest BCUT2D eigenvalue weighted by atomic mass is 35.5. The van der Waals surface area contributed by atoms with Gasteiger partial charge in [0, 0.05) is 29.7 Å². The summed E-state index contributed by atoms with van der Waals surface area (Å²) in [6.07, 6.45) is 4.97. The van der Waals surface area contributed by atoms with E-state index in [0.29, 0.717) is 46.2 Å². The Morgan fingerprint density at radius 2 is 2.10 bits per heavy atom. The molecular formula is C22H21ClN4O4. The molecule has 0 saturated heterocycles. The number of pyridine rings is 1. The number of ether oxygens (including phenoxy) is 2. The Hall–Kier alpha value is -3.10. The second kappa shape index (κ2) is 7.86. The molecule has 1 aliphatic heterocycles. The fourth-order valence-electron chi connectivity index (χ4n) is 3.64. The normalized spacial score (nSPS) is 16.4. The quantitative estimate of drug-likeness (QED) is 0.606. The van der Waals surface area contributed by atoms with Crippen molar-refractivity contribution in [1.82, 2.24) is 14.8 Å². The third kappa shape index (κ3) is 3.84. The number of hydrogen-bond donors (Lipinski definition) is 1. The van der Waals surface area contributed by atoms with E-state index in [0.717, 1.165) is 18.4 Å². The number of aliphatic hydroxyl groups is 1. The molecule has 0 unspecified atom stereocenters. The number of nitrogens with zero attached hydrogens (tertiary/aromatic N) is 4. The number of anilines is 1. The fraction of sp³-hybridized carbons (Fsp3) is 0.318. The topological polar surface area (TPSA) is 89.7 Å². The summed E-state index contributed by atoms with van der Waals surface area (Å²) in [6.45, 7) is 0.618. The molecule has 1 aromatic carbocycles. The standard InChI is InChI=1S/C22H21ClN4O4/c1-30-19-8-16(5-6-18(19)31-12-17(28)13-2-3-13)26-10-14-11-27(25-21(14)22(26)29)20-7-4-15(23)9-24-20/h4-9,11,13,17,28H,2-3,10,12H2,1H3/t17-/m0/s1. The SMILES string of the molecule is COc1cc(N2Cc3cn(-c4ccc(Cl)cn4)nc3C2=O)ccc1OC[C@H](O)C1CC1. The Labute approximate surface area is 184 Å². The lowest BCUT2D eigenvalue weighted by molar-refractivity contribution is 0.0880. The van der Waals surface area contributed by atoms with Gasteiger partial charge in [0.15, 0.2) is 23.0 Å². The van der Waals surface area contributed by atoms with Crippen LogP contribution in [0.1, 0.15) is 28.9 Å². The Kier molecular flexibility index (Phi) is 5.03. The summed E-state index contributed by atoms with van der Waals surface area (Å²) < 4.78 is 12.8. The first-order valence-electron chi connectivity index (χ1n) is 10.0. The van der Waals surface area contributed by atoms with Crippen molar-refractivity contribution in [2.75, 3.05) is 18.6 Å². The van der Waals surface area contributed by atoms with Crippen molar-refractivity contribution in [2.24, 2.45) is 5.92 Å². The molecule has 0 bridgehead atoms. The van der Waals surface area contributed by atoms with Crippen molar-refractivity contribution in [2.45, 2.75) is 25.5 Å². The molecule has 2 aliphatic rings. The number of methoxy groups -OCH3 is 1. The number of carbonyl (C=O) groups is 1. The van der Waals surface area contributed by atoms with E-state index >= 15 is 0 Å². The smallest absolute Gasteiger partial charge is 0.279 e. The summed E-state index contributed by atoms with van der Waals surface area (Å²) in [7, 11) is 1.55. The molecule has 0 spiro atoms. The highest BCUT2D eigenvalue weighted by Gasteiger charge is 2.33. The summed E-state index contributed by atoms with van der Waals surface area (Å²) in [5.41, 5.74) is 1.89. The Morgan fingerprint density at radius 3 is 2.77 bits per heavy atom. The number of fused-ring (bicyclic) bond motifs is 1. The molecule has 5 rings (SSSR count). The minimum absolute atomic E-state index is 0.192. The predicted octanol–water partition coefficient (Wildman–Crippen LogP) is 3.24. The molecule has 1 fully saturated rings. The number of benzene rings is 1. The third-order valence-electron chi connectivity index (χ3n) is 5.55. The van der Waals surface area contributed by atoms with Crippen LogP contribution in [0, 0.1) is 5.92 Å². The maximum absolute atomic E-state index is 13.0. The average molecular weight is 441 g/mol. The molecule has 3 aromatic rings. The number of rotatable bonds is 7. The minimum atomic E-state index is -0.466. The number of hydrogen-bond acceptors (Lipinski definition) is 6. The summed E-state index contributed by atoms with van der Waals surface area (Å²) >= 11 is 5.89. The first-order chi connectivity index (χ1) is 15.0. The van der Waals surface area contributed by atoms with Crippen LogP contribution in [0.15, 0.2) is 42.7 Å². The van der Waals surface area contributed by atoms with Crippen LogP contribution in [0.3, 0.4) is 0 Å². The van der Waals surface area contributed by atoms with E-state index in [1.807, 2.05) is 0 Å². The molecule has 1 N–H and O–H groups in total. The van der Waals surface area contributed by atoms with Crippen molar-refractivity contribution in [1.29, 1.82) is 0 Å². The van der Waals surface area contributed by atoms with E-state index in [1.54, 1.807) is 53.2 Å². The van der Waals surface area contributed by atoms with Gasteiger partial charge in [-0.3, -0.25) is 4.79 Å². The average Bonchev–Trinajstić information content (AvgIpc) is 3.48. The molecule has 160 valence electrons. The number of carbonyl (C=O) groups excluding carboxylic acids is 1. The molecule has 3 heterocycles. The zero-order valence-corrected chi connectivity index (χ0v) is 17.6. The number of aliphatic hydroxyl groups excluding tert-OH is 1. The van der Waals surface area contributed by atoms with Crippen LogP contribution in [0.2, 0.25) is 5.02 Å². The fourth-order valence-corrected chi connectivity index (χ4v) is 3.75. The minimum Gasteiger partial charge on any atom is -0.493 e. The van der Waals surface area contributed by atoms with E-state index < -0.39 is 6.10 Å². The Morgan fingerprint density at radius 1 is 1.26 bits per heavy atom. The second-order valence-corrected chi connectivity index (χ2v) is 8.16. The molecule has 8 nitrogen and oxygen atoms in total. The molecule has 2 aromatic heterocycles. The van der Waals surface area contributed by atoms with Crippen molar-refractivity contribution in [3.05, 3.63) is 59.0 Å². The van der Waals surface area contributed by atoms with Gasteiger partial charge in [0.25, 0.3) is 5.91 Å². The molecule has 1 aliphatic carbocycles.